The smallest absolute Gasteiger partial charge is 0.406 e. The normalized spacial score (nSPS) is 32.2. The molecule has 0 spiro atoms. The van der Waals surface area contributed by atoms with Crippen LogP contribution in [0.5, 0.6) is 5.75 Å². The van der Waals surface area contributed by atoms with Crippen LogP contribution in [0.3, 0.4) is 0 Å². The summed E-state index contributed by atoms with van der Waals surface area (Å²) in [5, 5.41) is 0. The Bertz CT molecular complexity index is 720. The van der Waals surface area contributed by atoms with Crippen molar-refractivity contribution in [3.8, 4) is 5.75 Å². The molecular formula is C30H45F3O. The van der Waals surface area contributed by atoms with Crippen LogP contribution in [0.25, 0.3) is 0 Å². The molecule has 0 aliphatic heterocycles. The first kappa shape index (κ1) is 25.9. The zero-order chi connectivity index (χ0) is 24.0. The van der Waals surface area contributed by atoms with Crippen LogP contribution in [-0.2, 0) is 0 Å². The fourth-order valence-electron chi connectivity index (χ4n) is 7.46. The van der Waals surface area contributed by atoms with E-state index in [2.05, 4.69) is 11.7 Å². The van der Waals surface area contributed by atoms with Gasteiger partial charge in [-0.3, -0.25) is 0 Å². The van der Waals surface area contributed by atoms with E-state index in [0.717, 1.165) is 29.6 Å². The first-order valence-corrected chi connectivity index (χ1v) is 14.2. The zero-order valence-corrected chi connectivity index (χ0v) is 21.1. The minimum Gasteiger partial charge on any atom is -0.406 e. The summed E-state index contributed by atoms with van der Waals surface area (Å²) in [4.78, 5) is 0. The number of unbranched alkanes of at least 4 members (excludes halogenated alkanes) is 2. The minimum absolute atomic E-state index is 0.115. The van der Waals surface area contributed by atoms with Gasteiger partial charge in [0.25, 0.3) is 0 Å². The average Bonchev–Trinajstić information content (AvgIpc) is 2.83. The van der Waals surface area contributed by atoms with Crippen LogP contribution in [0.15, 0.2) is 24.3 Å². The predicted octanol–water partition coefficient (Wildman–Crippen LogP) is 10.1. The topological polar surface area (TPSA) is 9.23 Å². The molecule has 1 aromatic carbocycles. The molecule has 0 amide bonds. The fourth-order valence-corrected chi connectivity index (χ4v) is 7.46. The Kier molecular flexibility index (Phi) is 9.27. The van der Waals surface area contributed by atoms with Crippen LogP contribution in [0.1, 0.15) is 121 Å². The molecule has 1 aromatic rings. The molecule has 34 heavy (non-hydrogen) atoms. The lowest BCUT2D eigenvalue weighted by atomic mass is 9.63. The third kappa shape index (κ3) is 7.65. The Morgan fingerprint density at radius 2 is 1.29 bits per heavy atom. The van der Waals surface area contributed by atoms with E-state index in [1.54, 1.807) is 0 Å². The first-order valence-electron chi connectivity index (χ1n) is 14.2. The lowest BCUT2D eigenvalue weighted by Gasteiger charge is -2.43. The highest BCUT2D eigenvalue weighted by Gasteiger charge is 2.36. The van der Waals surface area contributed by atoms with E-state index in [0.29, 0.717) is 5.92 Å². The summed E-state index contributed by atoms with van der Waals surface area (Å²) in [7, 11) is 0. The lowest BCUT2D eigenvalue weighted by Crippen LogP contribution is -2.30. The molecule has 3 aliphatic rings. The Morgan fingerprint density at radius 3 is 1.97 bits per heavy atom. The number of hydrogen-bond donors (Lipinski definition) is 0. The van der Waals surface area contributed by atoms with Gasteiger partial charge in [0.05, 0.1) is 0 Å². The van der Waals surface area contributed by atoms with Gasteiger partial charge in [-0.05, 0) is 85.3 Å². The molecule has 3 aliphatic carbocycles. The summed E-state index contributed by atoms with van der Waals surface area (Å²) in [6.45, 7) is 2.30. The molecule has 192 valence electrons. The third-order valence-corrected chi connectivity index (χ3v) is 9.47. The molecule has 4 heteroatoms. The van der Waals surface area contributed by atoms with Gasteiger partial charge in [-0.2, -0.15) is 0 Å². The molecule has 0 aromatic heterocycles. The van der Waals surface area contributed by atoms with E-state index in [4.69, 9.17) is 0 Å². The molecule has 1 nitrogen and oxygen atoms in total. The highest BCUT2D eigenvalue weighted by Crippen LogP contribution is 2.49. The monoisotopic (exact) mass is 478 g/mol. The van der Waals surface area contributed by atoms with Crippen LogP contribution < -0.4 is 4.74 Å². The van der Waals surface area contributed by atoms with E-state index >= 15 is 0 Å². The van der Waals surface area contributed by atoms with Crippen molar-refractivity contribution >= 4 is 0 Å². The van der Waals surface area contributed by atoms with Crippen molar-refractivity contribution in [1.82, 2.24) is 0 Å². The van der Waals surface area contributed by atoms with E-state index < -0.39 is 6.36 Å². The second-order valence-electron chi connectivity index (χ2n) is 11.8. The molecule has 4 rings (SSSR count). The fraction of sp³-hybridized carbons (Fsp3) is 0.800. The Hall–Kier alpha value is -1.19. The van der Waals surface area contributed by atoms with Crippen LogP contribution >= 0.6 is 0 Å². The molecule has 3 saturated carbocycles. The van der Waals surface area contributed by atoms with Gasteiger partial charge in [0.1, 0.15) is 5.75 Å². The number of alkyl halides is 3. The first-order chi connectivity index (χ1) is 16.4. The third-order valence-electron chi connectivity index (χ3n) is 9.47. The quantitative estimate of drug-likeness (QED) is 0.321. The molecule has 0 bridgehead atoms. The second-order valence-corrected chi connectivity index (χ2v) is 11.8. The lowest BCUT2D eigenvalue weighted by molar-refractivity contribution is -0.274. The standard InChI is InChI=1S/C30H45F3O/c1-2-3-4-5-22-6-8-23(9-7-22)10-11-24-12-13-28-21-27(15-14-26(28)20-24)25-16-18-29(19-17-25)34-30(31,32)33/h16-19,22-24,26-28H,2-15,20-21H2,1H3. The second kappa shape index (κ2) is 12.2. The summed E-state index contributed by atoms with van der Waals surface area (Å²) in [6, 6.07) is 6.64. The molecule has 3 fully saturated rings. The van der Waals surface area contributed by atoms with Crippen molar-refractivity contribution in [2.45, 2.75) is 122 Å². The summed E-state index contributed by atoms with van der Waals surface area (Å²) in [6.07, 6.45) is 17.7. The zero-order valence-electron chi connectivity index (χ0n) is 21.1. The van der Waals surface area contributed by atoms with Gasteiger partial charge in [-0.15, -0.1) is 13.2 Å². The number of hydrogen-bond acceptors (Lipinski definition) is 1. The minimum atomic E-state index is -4.62. The number of rotatable bonds is 9. The number of halogens is 3. The highest BCUT2D eigenvalue weighted by molar-refractivity contribution is 5.30. The maximum absolute atomic E-state index is 12.4. The molecule has 0 N–H and O–H groups in total. The van der Waals surface area contributed by atoms with Crippen LogP contribution in [0.4, 0.5) is 13.2 Å². The van der Waals surface area contributed by atoms with Gasteiger partial charge < -0.3 is 4.74 Å². The number of benzene rings is 1. The molecule has 0 radical (unpaired) electrons. The van der Waals surface area contributed by atoms with Crippen LogP contribution in [-0.4, -0.2) is 6.36 Å². The predicted molar refractivity (Wildman–Crippen MR) is 133 cm³/mol. The average molecular weight is 479 g/mol. The van der Waals surface area contributed by atoms with E-state index in [1.807, 2.05) is 12.1 Å². The van der Waals surface area contributed by atoms with Crippen molar-refractivity contribution in [1.29, 1.82) is 0 Å². The Morgan fingerprint density at radius 1 is 0.706 bits per heavy atom. The molecule has 0 saturated heterocycles. The summed E-state index contributed by atoms with van der Waals surface area (Å²) < 4.78 is 41.3. The Balaban J connectivity index is 1.16. The van der Waals surface area contributed by atoms with Crippen molar-refractivity contribution in [3.05, 3.63) is 29.8 Å². The summed E-state index contributed by atoms with van der Waals surface area (Å²) in [5.74, 6) is 4.98. The SMILES string of the molecule is CCCCCC1CCC(CCC2CCC3CC(c4ccc(OC(F)(F)F)cc4)CCC3C2)CC1. The van der Waals surface area contributed by atoms with Crippen molar-refractivity contribution in [3.63, 3.8) is 0 Å². The molecule has 0 heterocycles. The number of fused-ring (bicyclic) bond motifs is 1. The molecule has 4 unspecified atom stereocenters. The van der Waals surface area contributed by atoms with Crippen molar-refractivity contribution < 1.29 is 17.9 Å². The van der Waals surface area contributed by atoms with Gasteiger partial charge in [0.15, 0.2) is 0 Å². The number of ether oxygens (including phenoxy) is 1. The largest absolute Gasteiger partial charge is 0.573 e. The maximum Gasteiger partial charge on any atom is 0.573 e. The van der Waals surface area contributed by atoms with Crippen molar-refractivity contribution in [2.24, 2.45) is 29.6 Å². The van der Waals surface area contributed by atoms with Gasteiger partial charge in [0.2, 0.25) is 0 Å². The van der Waals surface area contributed by atoms with Gasteiger partial charge in [-0.25, -0.2) is 0 Å². The van der Waals surface area contributed by atoms with Crippen LogP contribution in [0, 0.1) is 29.6 Å². The van der Waals surface area contributed by atoms with Crippen LogP contribution in [0.2, 0.25) is 0 Å². The Labute approximate surface area is 205 Å². The summed E-state index contributed by atoms with van der Waals surface area (Å²) in [5.41, 5.74) is 1.18. The highest BCUT2D eigenvalue weighted by atomic mass is 19.4. The van der Waals surface area contributed by atoms with E-state index in [1.165, 1.54) is 120 Å². The van der Waals surface area contributed by atoms with Gasteiger partial charge in [0, 0.05) is 0 Å². The van der Waals surface area contributed by atoms with E-state index in [9.17, 15) is 13.2 Å². The maximum atomic E-state index is 12.4. The molecule has 4 atom stereocenters. The molecular weight excluding hydrogens is 433 g/mol. The van der Waals surface area contributed by atoms with Gasteiger partial charge >= 0.3 is 6.36 Å². The summed E-state index contributed by atoms with van der Waals surface area (Å²) >= 11 is 0. The van der Waals surface area contributed by atoms with E-state index in [-0.39, 0.29) is 5.75 Å². The van der Waals surface area contributed by atoms with Gasteiger partial charge in [-0.1, -0.05) is 89.7 Å². The van der Waals surface area contributed by atoms with Crippen molar-refractivity contribution in [2.75, 3.05) is 0 Å².